The third-order valence-electron chi connectivity index (χ3n) is 1.62. The van der Waals surface area contributed by atoms with Gasteiger partial charge in [-0.25, -0.2) is 4.39 Å². The highest BCUT2D eigenvalue weighted by Gasteiger charge is 1.93. The Balaban J connectivity index is 2.98. The molecule has 0 radical (unpaired) electrons. The maximum Gasteiger partial charge on any atom is 0.131 e. The van der Waals surface area contributed by atoms with Crippen LogP contribution in [0.1, 0.15) is 12.5 Å². The first-order valence-corrected chi connectivity index (χ1v) is 4.01. The monoisotopic (exact) mass is 178 g/mol. The molecule has 0 spiro atoms. The summed E-state index contributed by atoms with van der Waals surface area (Å²) < 4.78 is 13.0. The van der Waals surface area contributed by atoms with Crippen LogP contribution in [0.2, 0.25) is 0 Å². The molecule has 0 aromatic heterocycles. The first-order valence-electron chi connectivity index (χ1n) is 4.01. The van der Waals surface area contributed by atoms with Gasteiger partial charge in [-0.05, 0) is 24.6 Å². The number of hydrogen-bond acceptors (Lipinski definition) is 1. The zero-order valence-corrected chi connectivity index (χ0v) is 7.42. The molecule has 0 saturated carbocycles. The van der Waals surface area contributed by atoms with E-state index in [9.17, 15) is 4.39 Å². The summed E-state index contributed by atoms with van der Waals surface area (Å²) in [5, 5.41) is 8.67. The van der Waals surface area contributed by atoms with Gasteiger partial charge in [-0.3, -0.25) is 0 Å². The topological polar surface area (TPSA) is 20.2 Å². The molecule has 0 fully saturated rings. The number of aliphatic hydroxyl groups excluding tert-OH is 1. The van der Waals surface area contributed by atoms with E-state index in [1.54, 1.807) is 25.1 Å². The van der Waals surface area contributed by atoms with Gasteiger partial charge in [0.2, 0.25) is 0 Å². The molecule has 1 aromatic rings. The fourth-order valence-electron chi connectivity index (χ4n) is 0.839. The second-order valence-corrected chi connectivity index (χ2v) is 2.75. The summed E-state index contributed by atoms with van der Waals surface area (Å²) in [5.41, 5.74) is 3.96. The lowest BCUT2D eigenvalue weighted by molar-refractivity contribution is 0.332. The molecule has 0 aliphatic heterocycles. The van der Waals surface area contributed by atoms with E-state index < -0.39 is 0 Å². The second kappa shape index (κ2) is 4.61. The highest BCUT2D eigenvalue weighted by Crippen LogP contribution is 2.07. The van der Waals surface area contributed by atoms with Crippen molar-refractivity contribution in [1.82, 2.24) is 0 Å². The van der Waals surface area contributed by atoms with E-state index in [-0.39, 0.29) is 12.4 Å². The molecule has 0 heterocycles. The first kappa shape index (κ1) is 9.72. The average molecular weight is 178 g/mol. The van der Waals surface area contributed by atoms with Crippen LogP contribution in [-0.2, 0) is 0 Å². The van der Waals surface area contributed by atoms with Crippen molar-refractivity contribution >= 4 is 6.08 Å². The van der Waals surface area contributed by atoms with Gasteiger partial charge in [-0.15, -0.1) is 5.73 Å². The van der Waals surface area contributed by atoms with Gasteiger partial charge in [0, 0.05) is 5.56 Å². The van der Waals surface area contributed by atoms with E-state index in [1.165, 1.54) is 12.1 Å². The van der Waals surface area contributed by atoms with Crippen LogP contribution in [0.25, 0.3) is 6.08 Å². The Morgan fingerprint density at radius 3 is 2.85 bits per heavy atom. The minimum Gasteiger partial charge on any atom is -0.391 e. The van der Waals surface area contributed by atoms with Crippen LogP contribution in [0.5, 0.6) is 0 Å². The fourth-order valence-corrected chi connectivity index (χ4v) is 0.839. The Bertz CT molecular complexity index is 349. The minimum atomic E-state index is -0.277. The number of rotatable bonds is 2. The number of halogens is 1. The average Bonchev–Trinajstić information content (AvgIpc) is 2.16. The Morgan fingerprint density at radius 1 is 1.54 bits per heavy atom. The van der Waals surface area contributed by atoms with Crippen LogP contribution in [0.15, 0.2) is 35.6 Å². The van der Waals surface area contributed by atoms with E-state index in [0.717, 1.165) is 0 Å². The Kier molecular flexibility index (Phi) is 3.44. The van der Waals surface area contributed by atoms with Gasteiger partial charge in [0.1, 0.15) is 5.82 Å². The molecule has 68 valence electrons. The van der Waals surface area contributed by atoms with Crippen molar-refractivity contribution in [2.75, 3.05) is 6.61 Å². The van der Waals surface area contributed by atoms with E-state index in [0.29, 0.717) is 11.1 Å². The summed E-state index contributed by atoms with van der Waals surface area (Å²) in [6.45, 7) is 1.68. The smallest absolute Gasteiger partial charge is 0.131 e. The molecule has 0 saturated heterocycles. The molecule has 0 unspecified atom stereocenters. The van der Waals surface area contributed by atoms with Crippen molar-refractivity contribution in [3.05, 3.63) is 47.0 Å². The summed E-state index contributed by atoms with van der Waals surface area (Å²) >= 11 is 0. The summed E-state index contributed by atoms with van der Waals surface area (Å²) in [6, 6.07) is 6.44. The molecule has 13 heavy (non-hydrogen) atoms. The highest BCUT2D eigenvalue weighted by molar-refractivity contribution is 5.49. The first-order chi connectivity index (χ1) is 6.24. The van der Waals surface area contributed by atoms with Crippen molar-refractivity contribution in [3.8, 4) is 0 Å². The third kappa shape index (κ3) is 2.86. The molecule has 1 nitrogen and oxygen atoms in total. The largest absolute Gasteiger partial charge is 0.391 e. The number of benzene rings is 1. The summed E-state index contributed by atoms with van der Waals surface area (Å²) in [4.78, 5) is 0. The molecule has 1 N–H and O–H groups in total. The van der Waals surface area contributed by atoms with E-state index >= 15 is 0 Å². The quantitative estimate of drug-likeness (QED) is 0.689. The molecule has 1 aromatic carbocycles. The molecule has 0 bridgehead atoms. The second-order valence-electron chi connectivity index (χ2n) is 2.75. The SMILES string of the molecule is CC(=C=Cc1ccccc1F)CO. The lowest BCUT2D eigenvalue weighted by Gasteiger charge is -1.92. The van der Waals surface area contributed by atoms with Gasteiger partial charge in [0.15, 0.2) is 0 Å². The number of aliphatic hydroxyl groups is 1. The predicted molar refractivity (Wildman–Crippen MR) is 50.6 cm³/mol. The van der Waals surface area contributed by atoms with Crippen LogP contribution in [0, 0.1) is 5.82 Å². The Morgan fingerprint density at radius 2 is 2.23 bits per heavy atom. The Labute approximate surface area is 76.8 Å². The van der Waals surface area contributed by atoms with E-state index in [2.05, 4.69) is 5.73 Å². The van der Waals surface area contributed by atoms with Crippen molar-refractivity contribution in [2.45, 2.75) is 6.92 Å². The van der Waals surface area contributed by atoms with Gasteiger partial charge >= 0.3 is 0 Å². The van der Waals surface area contributed by atoms with Gasteiger partial charge in [-0.1, -0.05) is 18.2 Å². The van der Waals surface area contributed by atoms with E-state index in [1.807, 2.05) is 0 Å². The van der Waals surface area contributed by atoms with Gasteiger partial charge < -0.3 is 5.11 Å². The maximum absolute atomic E-state index is 13.0. The standard InChI is InChI=1S/C11H11FO/c1-9(8-13)6-7-10-4-2-3-5-11(10)12/h2-5,7,13H,8H2,1H3. The lowest BCUT2D eigenvalue weighted by Crippen LogP contribution is -1.81. The molecular weight excluding hydrogens is 167 g/mol. The molecule has 0 aliphatic rings. The van der Waals surface area contributed by atoms with Crippen LogP contribution in [0.4, 0.5) is 4.39 Å². The van der Waals surface area contributed by atoms with E-state index in [4.69, 9.17) is 5.11 Å². The van der Waals surface area contributed by atoms with Crippen molar-refractivity contribution < 1.29 is 9.50 Å². The molecular formula is C11H11FO. The summed E-state index contributed by atoms with van der Waals surface area (Å²) in [6.07, 6.45) is 1.53. The summed E-state index contributed by atoms with van der Waals surface area (Å²) in [7, 11) is 0. The van der Waals surface area contributed by atoms with Crippen LogP contribution >= 0.6 is 0 Å². The molecule has 2 heteroatoms. The van der Waals surface area contributed by atoms with Gasteiger partial charge in [-0.2, -0.15) is 0 Å². The molecule has 0 aliphatic carbocycles. The molecule has 0 amide bonds. The number of hydrogen-bond donors (Lipinski definition) is 1. The van der Waals surface area contributed by atoms with Crippen LogP contribution < -0.4 is 0 Å². The zero-order valence-electron chi connectivity index (χ0n) is 7.42. The lowest BCUT2D eigenvalue weighted by atomic mass is 10.2. The molecule has 1 rings (SSSR count). The summed E-state index contributed by atoms with van der Waals surface area (Å²) in [5.74, 6) is -0.277. The highest BCUT2D eigenvalue weighted by atomic mass is 19.1. The zero-order chi connectivity index (χ0) is 9.68. The van der Waals surface area contributed by atoms with Crippen molar-refractivity contribution in [2.24, 2.45) is 0 Å². The van der Waals surface area contributed by atoms with Crippen LogP contribution in [-0.4, -0.2) is 11.7 Å². The predicted octanol–water partition coefficient (Wildman–Crippen LogP) is 2.38. The van der Waals surface area contributed by atoms with Gasteiger partial charge in [0.25, 0.3) is 0 Å². The normalized spacial score (nSPS) is 9.15. The Hall–Kier alpha value is -1.37. The fraction of sp³-hybridized carbons (Fsp3) is 0.182. The molecule has 0 atom stereocenters. The van der Waals surface area contributed by atoms with Crippen LogP contribution in [0.3, 0.4) is 0 Å². The van der Waals surface area contributed by atoms with Gasteiger partial charge in [0.05, 0.1) is 6.61 Å². The third-order valence-corrected chi connectivity index (χ3v) is 1.62. The maximum atomic E-state index is 13.0. The van der Waals surface area contributed by atoms with Crippen molar-refractivity contribution in [3.63, 3.8) is 0 Å². The van der Waals surface area contributed by atoms with Crippen molar-refractivity contribution in [1.29, 1.82) is 0 Å². The minimum absolute atomic E-state index is 0.0506.